The number of hydrogen-bond donors (Lipinski definition) is 1. The highest BCUT2D eigenvalue weighted by Gasteiger charge is 2.36. The molecule has 1 fully saturated rings. The number of sulfone groups is 1. The molecule has 2 atom stereocenters. The molecule has 1 saturated heterocycles. The molecule has 0 saturated carbocycles. The maximum atomic E-state index is 12.7. The summed E-state index contributed by atoms with van der Waals surface area (Å²) in [6.45, 7) is 1.73. The molecule has 1 N–H and O–H groups in total. The van der Waals surface area contributed by atoms with Crippen molar-refractivity contribution in [3.8, 4) is 5.75 Å². The van der Waals surface area contributed by atoms with Gasteiger partial charge < -0.3 is 15.3 Å². The van der Waals surface area contributed by atoms with E-state index in [2.05, 4.69) is 5.32 Å². The van der Waals surface area contributed by atoms with Crippen LogP contribution in [-0.4, -0.2) is 27.6 Å². The van der Waals surface area contributed by atoms with Crippen LogP contribution in [0.25, 0.3) is 0 Å². The van der Waals surface area contributed by atoms with Gasteiger partial charge in [-0.2, -0.15) is 4.73 Å². The zero-order valence-electron chi connectivity index (χ0n) is 12.3. The highest BCUT2D eigenvalue weighted by Crippen LogP contribution is 2.42. The summed E-state index contributed by atoms with van der Waals surface area (Å²) in [7, 11) is -3.66. The van der Waals surface area contributed by atoms with E-state index in [0.717, 1.165) is 25.1 Å². The zero-order chi connectivity index (χ0) is 16.0. The fraction of sp³-hybridized carbons (Fsp3) is 0.312. The van der Waals surface area contributed by atoms with Crippen LogP contribution in [0.3, 0.4) is 0 Å². The van der Waals surface area contributed by atoms with Gasteiger partial charge in [0.2, 0.25) is 9.84 Å². The van der Waals surface area contributed by atoms with Crippen molar-refractivity contribution in [2.75, 3.05) is 13.1 Å². The first-order valence-corrected chi connectivity index (χ1v) is 8.99. The first-order valence-electron chi connectivity index (χ1n) is 7.51. The van der Waals surface area contributed by atoms with Gasteiger partial charge in [-0.25, -0.2) is 8.42 Å². The van der Waals surface area contributed by atoms with Gasteiger partial charge in [0, 0.05) is 30.2 Å². The molecule has 1 aromatic carbocycles. The van der Waals surface area contributed by atoms with Crippen LogP contribution >= 0.6 is 0 Å². The van der Waals surface area contributed by atoms with Crippen molar-refractivity contribution in [2.24, 2.45) is 0 Å². The minimum absolute atomic E-state index is 0.0767. The molecule has 120 valence electrons. The SMILES string of the molecule is O=S(=O)(c1cc[n+]([O-])cc1)c1ccc2c(c1)OC1CNCCC21. The highest BCUT2D eigenvalue weighted by atomic mass is 32.2. The first kappa shape index (κ1) is 14.5. The van der Waals surface area contributed by atoms with E-state index < -0.39 is 9.84 Å². The fourth-order valence-electron chi connectivity index (χ4n) is 3.28. The Kier molecular flexibility index (Phi) is 3.28. The summed E-state index contributed by atoms with van der Waals surface area (Å²) < 4.78 is 31.8. The maximum absolute atomic E-state index is 12.7. The van der Waals surface area contributed by atoms with Gasteiger partial charge in [-0.3, -0.25) is 0 Å². The van der Waals surface area contributed by atoms with Gasteiger partial charge in [0.05, 0.1) is 9.79 Å². The van der Waals surface area contributed by atoms with Crippen molar-refractivity contribution in [1.82, 2.24) is 5.32 Å². The molecule has 2 unspecified atom stereocenters. The van der Waals surface area contributed by atoms with Crippen molar-refractivity contribution in [3.63, 3.8) is 0 Å². The van der Waals surface area contributed by atoms with Gasteiger partial charge in [-0.05, 0) is 25.1 Å². The number of piperidine rings is 1. The van der Waals surface area contributed by atoms with Crippen LogP contribution in [0.2, 0.25) is 0 Å². The maximum Gasteiger partial charge on any atom is 0.207 e. The van der Waals surface area contributed by atoms with Gasteiger partial charge in [0.1, 0.15) is 11.9 Å². The number of nitrogens with zero attached hydrogens (tertiary/aromatic N) is 1. The minimum atomic E-state index is -3.66. The lowest BCUT2D eigenvalue weighted by molar-refractivity contribution is -0.605. The van der Waals surface area contributed by atoms with Crippen LogP contribution in [0, 0.1) is 5.21 Å². The molecule has 2 aromatic rings. The Morgan fingerprint density at radius 2 is 1.96 bits per heavy atom. The standard InChI is InChI=1S/C16H16N2O4S/c19-18-7-4-11(5-8-18)23(20,21)12-1-2-13-14-3-6-17-10-16(14)22-15(13)9-12/h1-2,4-5,7-9,14,16-17H,3,6,10H2. The number of pyridine rings is 1. The molecule has 4 rings (SSSR count). The Hall–Kier alpha value is -2.12. The average molecular weight is 332 g/mol. The van der Waals surface area contributed by atoms with Crippen molar-refractivity contribution >= 4 is 9.84 Å². The molecule has 0 amide bonds. The summed E-state index contributed by atoms with van der Waals surface area (Å²) in [5.41, 5.74) is 1.08. The quantitative estimate of drug-likeness (QED) is 0.655. The number of aromatic nitrogens is 1. The molecule has 23 heavy (non-hydrogen) atoms. The van der Waals surface area contributed by atoms with Crippen LogP contribution in [0.5, 0.6) is 5.75 Å². The summed E-state index contributed by atoms with van der Waals surface area (Å²) in [4.78, 5) is 0.285. The Balaban J connectivity index is 1.73. The number of benzene rings is 1. The molecule has 2 aliphatic heterocycles. The fourth-order valence-corrected chi connectivity index (χ4v) is 4.54. The van der Waals surface area contributed by atoms with E-state index in [-0.39, 0.29) is 15.9 Å². The van der Waals surface area contributed by atoms with E-state index >= 15 is 0 Å². The molecule has 0 spiro atoms. The Morgan fingerprint density at radius 3 is 2.74 bits per heavy atom. The molecular formula is C16H16N2O4S. The van der Waals surface area contributed by atoms with E-state index in [1.54, 1.807) is 12.1 Å². The normalized spacial score (nSPS) is 23.0. The van der Waals surface area contributed by atoms with Crippen molar-refractivity contribution in [2.45, 2.75) is 28.2 Å². The highest BCUT2D eigenvalue weighted by molar-refractivity contribution is 7.91. The topological polar surface area (TPSA) is 82.3 Å². The predicted octanol–water partition coefficient (Wildman–Crippen LogP) is 0.991. The molecule has 0 radical (unpaired) electrons. The summed E-state index contributed by atoms with van der Waals surface area (Å²) in [6.07, 6.45) is 3.42. The largest absolute Gasteiger partial charge is 0.619 e. The minimum Gasteiger partial charge on any atom is -0.619 e. The van der Waals surface area contributed by atoms with Crippen molar-refractivity contribution in [1.29, 1.82) is 0 Å². The summed E-state index contributed by atoms with van der Waals surface area (Å²) in [5.74, 6) is 0.985. The lowest BCUT2D eigenvalue weighted by atomic mass is 9.90. The van der Waals surface area contributed by atoms with Gasteiger partial charge in [-0.1, -0.05) is 6.07 Å². The first-order chi connectivity index (χ1) is 11.1. The van der Waals surface area contributed by atoms with Gasteiger partial charge in [0.15, 0.2) is 12.4 Å². The van der Waals surface area contributed by atoms with Crippen molar-refractivity contribution in [3.05, 3.63) is 53.5 Å². The third kappa shape index (κ3) is 2.36. The lowest BCUT2D eigenvalue weighted by Gasteiger charge is -2.24. The van der Waals surface area contributed by atoms with E-state index in [9.17, 15) is 13.6 Å². The molecule has 7 heteroatoms. The Labute approximate surface area is 134 Å². The molecule has 0 aliphatic carbocycles. The number of rotatable bonds is 2. The van der Waals surface area contributed by atoms with Crippen LogP contribution in [0.1, 0.15) is 17.9 Å². The van der Waals surface area contributed by atoms with Gasteiger partial charge in [-0.15, -0.1) is 0 Å². The number of nitrogens with one attached hydrogen (secondary N) is 1. The third-order valence-corrected chi connectivity index (χ3v) is 6.25. The van der Waals surface area contributed by atoms with Crippen LogP contribution in [0.4, 0.5) is 0 Å². The van der Waals surface area contributed by atoms with Gasteiger partial charge >= 0.3 is 0 Å². The Bertz CT molecular complexity index is 849. The van der Waals surface area contributed by atoms with E-state index in [4.69, 9.17) is 4.74 Å². The zero-order valence-corrected chi connectivity index (χ0v) is 13.1. The summed E-state index contributed by atoms with van der Waals surface area (Å²) >= 11 is 0. The molecule has 6 nitrogen and oxygen atoms in total. The van der Waals surface area contributed by atoms with E-state index in [1.165, 1.54) is 24.5 Å². The molecular weight excluding hydrogens is 316 g/mol. The van der Waals surface area contributed by atoms with Crippen LogP contribution < -0.4 is 14.8 Å². The Morgan fingerprint density at radius 1 is 1.17 bits per heavy atom. The van der Waals surface area contributed by atoms with Crippen LogP contribution in [0.15, 0.2) is 52.5 Å². The van der Waals surface area contributed by atoms with Crippen LogP contribution in [-0.2, 0) is 9.84 Å². The molecule has 3 heterocycles. The average Bonchev–Trinajstić information content (AvgIpc) is 2.93. The monoisotopic (exact) mass is 332 g/mol. The third-order valence-electron chi connectivity index (χ3n) is 4.48. The predicted molar refractivity (Wildman–Crippen MR) is 81.9 cm³/mol. The van der Waals surface area contributed by atoms with E-state index in [1.807, 2.05) is 6.07 Å². The number of fused-ring (bicyclic) bond motifs is 3. The molecule has 2 aliphatic rings. The summed E-state index contributed by atoms with van der Waals surface area (Å²) in [6, 6.07) is 7.69. The molecule has 0 bridgehead atoms. The lowest BCUT2D eigenvalue weighted by Crippen LogP contribution is -2.39. The van der Waals surface area contributed by atoms with E-state index in [0.29, 0.717) is 16.4 Å². The van der Waals surface area contributed by atoms with Gasteiger partial charge in [0.25, 0.3) is 0 Å². The second-order valence-corrected chi connectivity index (χ2v) is 7.80. The molecule has 1 aromatic heterocycles. The second kappa shape index (κ2) is 5.21. The number of hydrogen-bond acceptors (Lipinski definition) is 5. The number of ether oxygens (including phenoxy) is 1. The second-order valence-electron chi connectivity index (χ2n) is 5.85. The summed E-state index contributed by atoms with van der Waals surface area (Å²) in [5, 5.41) is 14.4. The van der Waals surface area contributed by atoms with Crippen molar-refractivity contribution < 1.29 is 17.9 Å². The smallest absolute Gasteiger partial charge is 0.207 e.